The van der Waals surface area contributed by atoms with E-state index in [2.05, 4.69) is 74.3 Å². The standard InChI is InChI=1S/C81H149NO4/c1-4-6-8-10-12-14-16-18-20-22-24-26-28-30-32-34-40-46-52-58-72-83-74-60-54-48-42-36-38-44-50-56-62-76-85-80-68-64-78(65-69-80)82(3)79-66-70-81(71-67-79)86-77-63-57-51-45-39-37-43-49-55-61-75-84-73-59-53-47-41-35-33-31-29-27-25-23-21-19-17-15-13-11-9-7-5-2/h64-71H,4-63,72-77H2,1-3H3/q+1. The first kappa shape index (κ1) is 80.0. The van der Waals surface area contributed by atoms with Gasteiger partial charge in [-0.2, -0.15) is 0 Å². The highest BCUT2D eigenvalue weighted by molar-refractivity contribution is 5.54. The fraction of sp³-hybridized carbons (Fsp3) is 0.852. The highest BCUT2D eigenvalue weighted by Crippen LogP contribution is 2.28. The van der Waals surface area contributed by atoms with E-state index in [1.165, 1.54) is 372 Å². The molecule has 0 aliphatic rings. The van der Waals surface area contributed by atoms with Crippen LogP contribution in [0.15, 0.2) is 48.5 Å². The van der Waals surface area contributed by atoms with Gasteiger partial charge in [-0.05, 0) is 62.8 Å². The third kappa shape index (κ3) is 55.9. The molecule has 0 heterocycles. The van der Waals surface area contributed by atoms with E-state index in [1.54, 1.807) is 0 Å². The van der Waals surface area contributed by atoms with Crippen molar-refractivity contribution in [3.63, 3.8) is 0 Å². The number of rotatable bonds is 72. The van der Waals surface area contributed by atoms with Crippen molar-refractivity contribution in [1.82, 2.24) is 4.90 Å². The molecule has 0 atom stereocenters. The topological polar surface area (TPSA) is 42.8 Å². The molecule has 2 rings (SSSR count). The number of benzene rings is 2. The first-order valence-electron chi connectivity index (χ1n) is 39.1. The summed E-state index contributed by atoms with van der Waals surface area (Å²) in [5, 5.41) is 0. The zero-order valence-electron chi connectivity index (χ0n) is 58.4. The van der Waals surface area contributed by atoms with E-state index >= 15 is 0 Å². The minimum Gasteiger partial charge on any atom is -0.494 e. The van der Waals surface area contributed by atoms with Gasteiger partial charge in [-0.15, -0.1) is 0 Å². The molecule has 0 bridgehead atoms. The van der Waals surface area contributed by atoms with E-state index in [1.807, 2.05) is 0 Å². The number of hydrogen-bond donors (Lipinski definition) is 0. The molecule has 5 heteroatoms. The Hall–Kier alpha value is -2.08. The van der Waals surface area contributed by atoms with Crippen LogP contribution < -0.4 is 14.4 Å². The molecule has 0 saturated carbocycles. The number of ether oxygens (including phenoxy) is 4. The Morgan fingerprint density at radius 3 is 0.523 bits per heavy atom. The first-order chi connectivity index (χ1) is 42.7. The summed E-state index contributed by atoms with van der Waals surface area (Å²) >= 11 is 0. The van der Waals surface area contributed by atoms with Gasteiger partial charge in [0.15, 0.2) is 11.4 Å². The minimum absolute atomic E-state index is 0.800. The third-order valence-corrected chi connectivity index (χ3v) is 18.6. The van der Waals surface area contributed by atoms with Crippen LogP contribution >= 0.6 is 0 Å². The monoisotopic (exact) mass is 1200 g/mol. The summed E-state index contributed by atoms with van der Waals surface area (Å²) in [7, 11) is 2.13. The molecule has 5 nitrogen and oxygen atoms in total. The van der Waals surface area contributed by atoms with E-state index in [-0.39, 0.29) is 0 Å². The lowest BCUT2D eigenvalue weighted by atomic mass is 10.0. The van der Waals surface area contributed by atoms with Gasteiger partial charge in [-0.25, -0.2) is 0 Å². The van der Waals surface area contributed by atoms with Crippen molar-refractivity contribution in [2.24, 2.45) is 0 Å². The van der Waals surface area contributed by atoms with Crippen LogP contribution in [-0.2, 0) is 9.47 Å². The Bertz CT molecular complexity index is 1450. The first-order valence-corrected chi connectivity index (χ1v) is 39.1. The molecular weight excluding hydrogens is 1050 g/mol. The Morgan fingerprint density at radius 1 is 0.198 bits per heavy atom. The predicted octanol–water partition coefficient (Wildman–Crippen LogP) is 27.7. The van der Waals surface area contributed by atoms with E-state index < -0.39 is 0 Å². The molecule has 0 N–H and O–H groups in total. The van der Waals surface area contributed by atoms with Crippen molar-refractivity contribution in [3.05, 3.63) is 48.5 Å². The van der Waals surface area contributed by atoms with E-state index in [4.69, 9.17) is 18.9 Å². The summed E-state index contributed by atoms with van der Waals surface area (Å²) in [5.74, 6) is 1.93. The van der Waals surface area contributed by atoms with Crippen molar-refractivity contribution in [2.45, 2.75) is 399 Å². The number of anilines is 2. The fourth-order valence-corrected chi connectivity index (χ4v) is 12.6. The number of nitrogens with zero attached hydrogens (tertiary/aromatic N) is 1. The van der Waals surface area contributed by atoms with Crippen LogP contribution in [0.5, 0.6) is 11.5 Å². The van der Waals surface area contributed by atoms with E-state index in [9.17, 15) is 0 Å². The average molecular weight is 1200 g/mol. The quantitative estimate of drug-likeness (QED) is 0.0489. The van der Waals surface area contributed by atoms with Gasteiger partial charge in [0.05, 0.1) is 13.2 Å². The van der Waals surface area contributed by atoms with Gasteiger partial charge in [0.2, 0.25) is 0 Å². The maximum atomic E-state index is 6.12. The molecule has 0 amide bonds. The molecule has 0 saturated heterocycles. The second-order valence-corrected chi connectivity index (χ2v) is 27.0. The SMILES string of the molecule is CCCCCCCCCCCCCCCCCCCCCCOCCCCCCCCCCCCOc1ccc([N+](C)c2ccc(OCCCCCCCCCCCCOCCCCCCCCCCCCCCCCCCCCCC)cc2)cc1. The molecule has 0 aliphatic heterocycles. The summed E-state index contributed by atoms with van der Waals surface area (Å²) < 4.78 is 24.1. The lowest BCUT2D eigenvalue weighted by molar-refractivity contribution is 0.125. The smallest absolute Gasteiger partial charge is 0.186 e. The molecule has 0 unspecified atom stereocenters. The van der Waals surface area contributed by atoms with Crippen LogP contribution in [0.3, 0.4) is 0 Å². The fourth-order valence-electron chi connectivity index (χ4n) is 12.6. The predicted molar refractivity (Wildman–Crippen MR) is 381 cm³/mol. The van der Waals surface area contributed by atoms with E-state index in [0.717, 1.165) is 75.4 Å². The zero-order valence-corrected chi connectivity index (χ0v) is 58.4. The summed E-state index contributed by atoms with van der Waals surface area (Å²) in [5.41, 5.74) is 2.32. The van der Waals surface area contributed by atoms with Gasteiger partial charge in [0.1, 0.15) is 18.5 Å². The molecule has 2 aromatic rings. The van der Waals surface area contributed by atoms with Crippen LogP contribution in [-0.4, -0.2) is 46.7 Å². The largest absolute Gasteiger partial charge is 0.494 e. The summed E-state index contributed by atoms with van der Waals surface area (Å²) in [6, 6.07) is 17.1. The van der Waals surface area contributed by atoms with Gasteiger partial charge in [-0.3, -0.25) is 0 Å². The average Bonchev–Trinajstić information content (AvgIpc) is 3.73. The van der Waals surface area contributed by atoms with Crippen molar-refractivity contribution < 1.29 is 18.9 Å². The second-order valence-electron chi connectivity index (χ2n) is 27.0. The Balaban J connectivity index is 1.25. The maximum absolute atomic E-state index is 6.12. The number of hydrogen-bond acceptors (Lipinski definition) is 5. The van der Waals surface area contributed by atoms with E-state index in [0.29, 0.717) is 0 Å². The van der Waals surface area contributed by atoms with Gasteiger partial charge in [-0.1, -0.05) is 365 Å². The Morgan fingerprint density at radius 2 is 0.349 bits per heavy atom. The van der Waals surface area contributed by atoms with Crippen LogP contribution in [0.25, 0.3) is 0 Å². The van der Waals surface area contributed by atoms with Gasteiger partial charge >= 0.3 is 0 Å². The highest BCUT2D eigenvalue weighted by atomic mass is 16.5. The number of unbranched alkanes of at least 4 members (excludes halogenated alkanes) is 56. The van der Waals surface area contributed by atoms with Crippen molar-refractivity contribution >= 4 is 11.4 Å². The van der Waals surface area contributed by atoms with Gasteiger partial charge in [0.25, 0.3) is 0 Å². The third-order valence-electron chi connectivity index (χ3n) is 18.6. The zero-order chi connectivity index (χ0) is 61.0. The highest BCUT2D eigenvalue weighted by Gasteiger charge is 2.17. The Kier molecular flexibility index (Phi) is 62.6. The normalized spacial score (nSPS) is 11.7. The molecule has 86 heavy (non-hydrogen) atoms. The lowest BCUT2D eigenvalue weighted by Crippen LogP contribution is -2.10. The van der Waals surface area contributed by atoms with Gasteiger partial charge < -0.3 is 18.9 Å². The summed E-state index contributed by atoms with van der Waals surface area (Å²) in [6.45, 7) is 10.1. The molecule has 0 aromatic heterocycles. The van der Waals surface area contributed by atoms with Crippen molar-refractivity contribution in [1.29, 1.82) is 0 Å². The molecule has 0 spiro atoms. The Labute approximate surface area is 538 Å². The van der Waals surface area contributed by atoms with Crippen LogP contribution in [0.2, 0.25) is 0 Å². The molecule has 1 radical (unpaired) electrons. The van der Waals surface area contributed by atoms with Crippen LogP contribution in [0, 0.1) is 0 Å². The maximum Gasteiger partial charge on any atom is 0.186 e. The minimum atomic E-state index is 0.800. The molecule has 0 fully saturated rings. The lowest BCUT2D eigenvalue weighted by Gasteiger charge is -2.10. The van der Waals surface area contributed by atoms with Crippen LogP contribution in [0.4, 0.5) is 11.4 Å². The molecule has 501 valence electrons. The van der Waals surface area contributed by atoms with Crippen LogP contribution in [0.1, 0.15) is 399 Å². The molecule has 2 aromatic carbocycles. The summed E-state index contributed by atoms with van der Waals surface area (Å²) in [4.78, 5) is 2.23. The van der Waals surface area contributed by atoms with Crippen molar-refractivity contribution in [3.8, 4) is 11.5 Å². The second kappa shape index (κ2) is 67.3. The summed E-state index contributed by atoms with van der Waals surface area (Å²) in [6.07, 6.45) is 83.7. The molecule has 0 aliphatic carbocycles. The van der Waals surface area contributed by atoms with Crippen molar-refractivity contribution in [2.75, 3.05) is 46.7 Å². The van der Waals surface area contributed by atoms with Gasteiger partial charge in [0, 0.05) is 50.7 Å². The molecular formula is C81H149NO4+.